The highest BCUT2D eigenvalue weighted by Gasteiger charge is 2.06. The van der Waals surface area contributed by atoms with E-state index in [0.29, 0.717) is 5.56 Å². The average molecular weight is 332 g/mol. The van der Waals surface area contributed by atoms with Crippen LogP contribution >= 0.6 is 0 Å². The molecule has 1 aromatic heterocycles. The number of Topliss-reactive ketones (excluding diaryl/α,β-unsaturated/α-hetero) is 1. The Kier molecular flexibility index (Phi) is 4.80. The lowest BCUT2D eigenvalue weighted by Crippen LogP contribution is -2.01. The molecule has 0 aliphatic heterocycles. The number of nitrogens with zero attached hydrogens (tertiary/aromatic N) is 2. The van der Waals surface area contributed by atoms with Gasteiger partial charge in [-0.25, -0.2) is 0 Å². The van der Waals surface area contributed by atoms with Gasteiger partial charge in [-0.3, -0.25) is 9.79 Å². The molecular formula is C21H20N2O2. The Bertz CT molecular complexity index is 904. The summed E-state index contributed by atoms with van der Waals surface area (Å²) in [5.74, 6) is 0.883. The molecule has 3 aromatic rings. The predicted octanol–water partition coefficient (Wildman–Crippen LogP) is 4.75. The number of hydrogen-bond donors (Lipinski definition) is 0. The van der Waals surface area contributed by atoms with Crippen LogP contribution in [0.3, 0.4) is 0 Å². The van der Waals surface area contributed by atoms with Crippen LogP contribution in [-0.4, -0.2) is 23.7 Å². The van der Waals surface area contributed by atoms with Crippen molar-refractivity contribution in [3.05, 3.63) is 77.6 Å². The van der Waals surface area contributed by atoms with Crippen LogP contribution in [0, 0.1) is 6.92 Å². The van der Waals surface area contributed by atoms with Crippen LogP contribution in [0.25, 0.3) is 5.69 Å². The molecule has 0 saturated carbocycles. The molecule has 0 aliphatic carbocycles. The third-order valence-electron chi connectivity index (χ3n) is 4.06. The first-order chi connectivity index (χ1) is 12.1. The monoisotopic (exact) mass is 332 g/mol. The summed E-state index contributed by atoms with van der Waals surface area (Å²) in [6, 6.07) is 19.3. The van der Waals surface area contributed by atoms with Crippen LogP contribution in [0.15, 0.2) is 65.7 Å². The van der Waals surface area contributed by atoms with Gasteiger partial charge in [0.05, 0.1) is 24.7 Å². The van der Waals surface area contributed by atoms with Crippen molar-refractivity contribution in [3.8, 4) is 11.4 Å². The van der Waals surface area contributed by atoms with Gasteiger partial charge in [-0.1, -0.05) is 0 Å². The summed E-state index contributed by atoms with van der Waals surface area (Å²) in [5.41, 5.74) is 4.66. The van der Waals surface area contributed by atoms with Crippen LogP contribution in [0.2, 0.25) is 0 Å². The first kappa shape index (κ1) is 16.7. The van der Waals surface area contributed by atoms with Gasteiger partial charge in [0.25, 0.3) is 0 Å². The molecule has 0 fully saturated rings. The number of ketones is 1. The highest BCUT2D eigenvalue weighted by molar-refractivity contribution is 5.94. The smallest absolute Gasteiger partial charge is 0.159 e. The van der Waals surface area contributed by atoms with Crippen molar-refractivity contribution >= 4 is 17.7 Å². The minimum absolute atomic E-state index is 0.0551. The van der Waals surface area contributed by atoms with Crippen LogP contribution < -0.4 is 4.74 Å². The van der Waals surface area contributed by atoms with Crippen LogP contribution in [-0.2, 0) is 0 Å². The zero-order chi connectivity index (χ0) is 17.8. The van der Waals surface area contributed by atoms with Gasteiger partial charge in [-0.05, 0) is 74.5 Å². The molecule has 0 unspecified atom stereocenters. The van der Waals surface area contributed by atoms with Crippen molar-refractivity contribution in [1.82, 2.24) is 4.57 Å². The van der Waals surface area contributed by atoms with Crippen LogP contribution in [0.4, 0.5) is 5.69 Å². The number of aryl methyl sites for hydroxylation is 1. The summed E-state index contributed by atoms with van der Waals surface area (Å²) in [6.45, 7) is 3.62. The number of rotatable bonds is 5. The number of aliphatic imine (C=N–C) groups is 1. The highest BCUT2D eigenvalue weighted by atomic mass is 16.5. The number of benzene rings is 2. The largest absolute Gasteiger partial charge is 0.497 e. The first-order valence-corrected chi connectivity index (χ1v) is 8.06. The summed E-state index contributed by atoms with van der Waals surface area (Å²) >= 11 is 0. The van der Waals surface area contributed by atoms with Crippen LogP contribution in [0.5, 0.6) is 5.75 Å². The third-order valence-corrected chi connectivity index (χ3v) is 4.06. The Hall–Kier alpha value is -3.14. The number of ether oxygens (including phenoxy) is 1. The number of carbonyl (C=O) groups excluding carboxylic acids is 1. The lowest BCUT2D eigenvalue weighted by atomic mass is 10.1. The molecule has 1 heterocycles. The quantitative estimate of drug-likeness (QED) is 0.500. The molecule has 126 valence electrons. The van der Waals surface area contributed by atoms with E-state index in [9.17, 15) is 4.79 Å². The zero-order valence-electron chi connectivity index (χ0n) is 14.6. The van der Waals surface area contributed by atoms with Crippen molar-refractivity contribution in [1.29, 1.82) is 0 Å². The van der Waals surface area contributed by atoms with Crippen molar-refractivity contribution in [3.63, 3.8) is 0 Å². The van der Waals surface area contributed by atoms with E-state index in [-0.39, 0.29) is 5.78 Å². The van der Waals surface area contributed by atoms with E-state index in [1.54, 1.807) is 26.2 Å². The van der Waals surface area contributed by atoms with E-state index in [1.165, 1.54) is 0 Å². The normalized spacial score (nSPS) is 11.0. The number of methoxy groups -OCH3 is 1. The number of carbonyl (C=O) groups is 1. The summed E-state index contributed by atoms with van der Waals surface area (Å²) in [5, 5.41) is 0. The minimum Gasteiger partial charge on any atom is -0.497 e. The molecule has 0 bridgehead atoms. The highest BCUT2D eigenvalue weighted by Crippen LogP contribution is 2.20. The minimum atomic E-state index is 0.0551. The molecule has 0 radical (unpaired) electrons. The van der Waals surface area contributed by atoms with Crippen molar-refractivity contribution < 1.29 is 9.53 Å². The topological polar surface area (TPSA) is 43.6 Å². The fourth-order valence-corrected chi connectivity index (χ4v) is 2.67. The van der Waals surface area contributed by atoms with E-state index in [4.69, 9.17) is 4.74 Å². The van der Waals surface area contributed by atoms with E-state index in [2.05, 4.69) is 22.5 Å². The molecule has 0 aliphatic rings. The lowest BCUT2D eigenvalue weighted by molar-refractivity contribution is 0.101. The molecule has 4 heteroatoms. The Morgan fingerprint density at radius 1 is 1.00 bits per heavy atom. The van der Waals surface area contributed by atoms with E-state index >= 15 is 0 Å². The Labute approximate surface area is 147 Å². The van der Waals surface area contributed by atoms with E-state index in [0.717, 1.165) is 28.5 Å². The second-order valence-electron chi connectivity index (χ2n) is 5.79. The average Bonchev–Trinajstić information content (AvgIpc) is 3.01. The molecule has 0 spiro atoms. The predicted molar refractivity (Wildman–Crippen MR) is 101 cm³/mol. The molecular weight excluding hydrogens is 312 g/mol. The molecule has 4 nitrogen and oxygen atoms in total. The Balaban J connectivity index is 1.89. The van der Waals surface area contributed by atoms with Crippen molar-refractivity contribution in [2.75, 3.05) is 7.11 Å². The second kappa shape index (κ2) is 7.18. The summed E-state index contributed by atoms with van der Waals surface area (Å²) in [7, 11) is 1.66. The third kappa shape index (κ3) is 3.69. The number of aromatic nitrogens is 1. The maximum Gasteiger partial charge on any atom is 0.159 e. The van der Waals surface area contributed by atoms with Gasteiger partial charge >= 0.3 is 0 Å². The van der Waals surface area contributed by atoms with Gasteiger partial charge in [0, 0.05) is 16.9 Å². The van der Waals surface area contributed by atoms with Gasteiger partial charge in [0.15, 0.2) is 5.78 Å². The van der Waals surface area contributed by atoms with Crippen molar-refractivity contribution in [2.24, 2.45) is 4.99 Å². The molecule has 2 aromatic carbocycles. The Morgan fingerprint density at radius 3 is 2.28 bits per heavy atom. The van der Waals surface area contributed by atoms with Crippen LogP contribution in [0.1, 0.15) is 28.7 Å². The summed E-state index contributed by atoms with van der Waals surface area (Å²) in [6.07, 6.45) is 1.83. The zero-order valence-corrected chi connectivity index (χ0v) is 14.6. The molecule has 0 saturated heterocycles. The van der Waals surface area contributed by atoms with Gasteiger partial charge in [0.2, 0.25) is 0 Å². The molecule has 0 N–H and O–H groups in total. The molecule has 3 rings (SSSR count). The molecule has 0 atom stereocenters. The van der Waals surface area contributed by atoms with Gasteiger partial charge in [-0.2, -0.15) is 0 Å². The fourth-order valence-electron chi connectivity index (χ4n) is 2.67. The molecule has 0 amide bonds. The second-order valence-corrected chi connectivity index (χ2v) is 5.79. The van der Waals surface area contributed by atoms with Gasteiger partial charge < -0.3 is 9.30 Å². The first-order valence-electron chi connectivity index (χ1n) is 8.06. The summed E-state index contributed by atoms with van der Waals surface area (Å²) < 4.78 is 7.35. The van der Waals surface area contributed by atoms with Gasteiger partial charge in [-0.15, -0.1) is 0 Å². The maximum atomic E-state index is 11.3. The summed E-state index contributed by atoms with van der Waals surface area (Å²) in [4.78, 5) is 15.9. The SMILES string of the molecule is COc1ccc(-n2c(C)ccc2C=Nc2ccc(C(C)=O)cc2)cc1. The molecule has 25 heavy (non-hydrogen) atoms. The Morgan fingerprint density at radius 2 is 1.68 bits per heavy atom. The standard InChI is InChI=1S/C21H20N2O2/c1-15-4-9-20(23(15)19-10-12-21(25-3)13-11-19)14-22-18-7-5-17(6-8-18)16(2)24/h4-14H,1-3H3. The van der Waals surface area contributed by atoms with Crippen molar-refractivity contribution in [2.45, 2.75) is 13.8 Å². The number of hydrogen-bond acceptors (Lipinski definition) is 3. The maximum absolute atomic E-state index is 11.3. The van der Waals surface area contributed by atoms with E-state index in [1.807, 2.05) is 48.7 Å². The van der Waals surface area contributed by atoms with Gasteiger partial charge in [0.1, 0.15) is 5.75 Å². The fraction of sp³-hybridized carbons (Fsp3) is 0.143. The lowest BCUT2D eigenvalue weighted by Gasteiger charge is -2.10. The van der Waals surface area contributed by atoms with E-state index < -0.39 is 0 Å².